The van der Waals surface area contributed by atoms with Crippen molar-refractivity contribution in [3.63, 3.8) is 0 Å². The normalized spacial score (nSPS) is 16.0. The first kappa shape index (κ1) is 23.4. The Bertz CT molecular complexity index is 833. The summed E-state index contributed by atoms with van der Waals surface area (Å²) in [5, 5.41) is 10.1. The summed E-state index contributed by atoms with van der Waals surface area (Å²) in [6.45, 7) is 5.07. The Kier molecular flexibility index (Phi) is 7.89. The number of aryl methyl sites for hydroxylation is 1. The number of nitrogens with one attached hydrogen (secondary N) is 2. The van der Waals surface area contributed by atoms with E-state index in [4.69, 9.17) is 4.52 Å². The van der Waals surface area contributed by atoms with Crippen molar-refractivity contribution in [2.45, 2.75) is 51.2 Å². The zero-order valence-corrected chi connectivity index (χ0v) is 18.7. The molecule has 1 saturated carbocycles. The zero-order chi connectivity index (χ0) is 20.2. The number of alkyl halides is 3. The fourth-order valence-electron chi connectivity index (χ4n) is 3.34. The van der Waals surface area contributed by atoms with Crippen LogP contribution in [0.5, 0.6) is 0 Å². The monoisotopic (exact) mass is 523 g/mol. The van der Waals surface area contributed by atoms with E-state index in [9.17, 15) is 13.2 Å². The SMILES string of the molecule is CCNC(=NCc1nc(C)no1)NCC1(c2cccc(C(F)(F)F)c2)CCC1.I. The molecule has 0 spiro atoms. The summed E-state index contributed by atoms with van der Waals surface area (Å²) in [4.78, 5) is 8.54. The highest BCUT2D eigenvalue weighted by Gasteiger charge is 2.40. The van der Waals surface area contributed by atoms with E-state index in [-0.39, 0.29) is 35.9 Å². The number of nitrogens with zero attached hydrogens (tertiary/aromatic N) is 3. The van der Waals surface area contributed by atoms with Gasteiger partial charge in [0.25, 0.3) is 0 Å². The van der Waals surface area contributed by atoms with E-state index >= 15 is 0 Å². The molecule has 2 N–H and O–H groups in total. The molecule has 0 bridgehead atoms. The number of hydrogen-bond acceptors (Lipinski definition) is 4. The van der Waals surface area contributed by atoms with Crippen molar-refractivity contribution in [2.24, 2.45) is 4.99 Å². The summed E-state index contributed by atoms with van der Waals surface area (Å²) < 4.78 is 44.3. The predicted molar refractivity (Wildman–Crippen MR) is 114 cm³/mol. The number of rotatable bonds is 6. The van der Waals surface area contributed by atoms with E-state index in [1.807, 2.05) is 6.92 Å². The average molecular weight is 523 g/mol. The van der Waals surface area contributed by atoms with Gasteiger partial charge >= 0.3 is 6.18 Å². The number of halogens is 4. The first-order valence-corrected chi connectivity index (χ1v) is 9.31. The number of aliphatic imine (C=N–C) groups is 1. The molecule has 1 heterocycles. The van der Waals surface area contributed by atoms with Gasteiger partial charge in [-0.15, -0.1) is 24.0 Å². The van der Waals surface area contributed by atoms with Gasteiger partial charge in [0.1, 0.15) is 6.54 Å². The maximum Gasteiger partial charge on any atom is 0.416 e. The lowest BCUT2D eigenvalue weighted by molar-refractivity contribution is -0.137. The van der Waals surface area contributed by atoms with Crippen molar-refractivity contribution in [3.05, 3.63) is 47.1 Å². The number of aromatic nitrogens is 2. The van der Waals surface area contributed by atoms with Gasteiger partial charge in [-0.05, 0) is 38.3 Å². The first-order chi connectivity index (χ1) is 13.3. The smallest absolute Gasteiger partial charge is 0.357 e. The van der Waals surface area contributed by atoms with Crippen LogP contribution in [0, 0.1) is 6.92 Å². The largest absolute Gasteiger partial charge is 0.416 e. The molecule has 0 unspecified atom stereocenters. The van der Waals surface area contributed by atoms with Gasteiger partial charge in [-0.3, -0.25) is 0 Å². The second-order valence-corrected chi connectivity index (χ2v) is 7.00. The van der Waals surface area contributed by atoms with Crippen LogP contribution in [0.3, 0.4) is 0 Å². The van der Waals surface area contributed by atoms with Gasteiger partial charge in [-0.1, -0.05) is 29.8 Å². The maximum absolute atomic E-state index is 13.1. The highest BCUT2D eigenvalue weighted by atomic mass is 127. The lowest BCUT2D eigenvalue weighted by atomic mass is 9.64. The summed E-state index contributed by atoms with van der Waals surface area (Å²) in [5.74, 6) is 1.52. The minimum absolute atomic E-state index is 0. The van der Waals surface area contributed by atoms with Crippen LogP contribution in [0.4, 0.5) is 13.2 Å². The van der Waals surface area contributed by atoms with Crippen molar-refractivity contribution in [3.8, 4) is 0 Å². The second kappa shape index (κ2) is 9.77. The van der Waals surface area contributed by atoms with Crippen molar-refractivity contribution >= 4 is 29.9 Å². The Balaban J connectivity index is 0.00000300. The van der Waals surface area contributed by atoms with Gasteiger partial charge in [-0.25, -0.2) is 4.99 Å². The van der Waals surface area contributed by atoms with Gasteiger partial charge in [0.15, 0.2) is 11.8 Å². The molecule has 3 rings (SSSR count). The van der Waals surface area contributed by atoms with Crippen LogP contribution in [-0.2, 0) is 18.1 Å². The molecule has 2 aromatic rings. The van der Waals surface area contributed by atoms with Crippen molar-refractivity contribution < 1.29 is 17.7 Å². The fourth-order valence-corrected chi connectivity index (χ4v) is 3.34. The summed E-state index contributed by atoms with van der Waals surface area (Å²) in [6.07, 6.45) is -1.67. The van der Waals surface area contributed by atoms with Crippen molar-refractivity contribution in [1.82, 2.24) is 20.8 Å². The third kappa shape index (κ3) is 5.83. The lowest BCUT2D eigenvalue weighted by Gasteiger charge is -2.43. The van der Waals surface area contributed by atoms with Gasteiger partial charge in [0.05, 0.1) is 5.56 Å². The average Bonchev–Trinajstić information content (AvgIpc) is 3.03. The van der Waals surface area contributed by atoms with Crippen LogP contribution in [0.25, 0.3) is 0 Å². The number of guanidine groups is 1. The third-order valence-corrected chi connectivity index (χ3v) is 4.99. The van der Waals surface area contributed by atoms with E-state index in [2.05, 4.69) is 25.8 Å². The zero-order valence-electron chi connectivity index (χ0n) is 16.3. The molecule has 1 aromatic heterocycles. The van der Waals surface area contributed by atoms with Crippen LogP contribution in [0.15, 0.2) is 33.8 Å². The molecule has 0 atom stereocenters. The summed E-state index contributed by atoms with van der Waals surface area (Å²) in [7, 11) is 0. The van der Waals surface area contributed by atoms with Crippen LogP contribution in [0.1, 0.15) is 49.0 Å². The van der Waals surface area contributed by atoms with E-state index in [0.717, 1.165) is 25.3 Å². The standard InChI is InChI=1S/C19H24F3N5O.HI/c1-3-23-17(24-11-16-26-13(2)27-28-16)25-12-18(8-5-9-18)14-6-4-7-15(10-14)19(20,21)22;/h4,6-7,10H,3,5,8-9,11-12H2,1-2H3,(H2,23,24,25);1H. The fraction of sp³-hybridized carbons (Fsp3) is 0.526. The molecule has 10 heteroatoms. The molecule has 0 saturated heterocycles. The van der Waals surface area contributed by atoms with Gasteiger partial charge in [0, 0.05) is 18.5 Å². The Hall–Kier alpha value is -1.85. The Morgan fingerprint density at radius 3 is 2.59 bits per heavy atom. The molecule has 1 aliphatic carbocycles. The second-order valence-electron chi connectivity index (χ2n) is 7.00. The molecule has 0 radical (unpaired) electrons. The van der Waals surface area contributed by atoms with Crippen LogP contribution in [0.2, 0.25) is 0 Å². The summed E-state index contributed by atoms with van der Waals surface area (Å²) in [5.41, 5.74) is -0.216. The Labute approximate surface area is 184 Å². The molecule has 0 aliphatic heterocycles. The van der Waals surface area contributed by atoms with E-state index in [1.165, 1.54) is 12.1 Å². The lowest BCUT2D eigenvalue weighted by Crippen LogP contribution is -2.49. The van der Waals surface area contributed by atoms with Crippen LogP contribution in [-0.4, -0.2) is 29.2 Å². The first-order valence-electron chi connectivity index (χ1n) is 9.31. The minimum Gasteiger partial charge on any atom is -0.357 e. The van der Waals surface area contributed by atoms with Crippen molar-refractivity contribution in [1.29, 1.82) is 0 Å². The summed E-state index contributed by atoms with van der Waals surface area (Å²) in [6, 6.07) is 5.64. The molecule has 1 fully saturated rings. The molecular weight excluding hydrogens is 498 g/mol. The van der Waals surface area contributed by atoms with Gasteiger partial charge < -0.3 is 15.2 Å². The molecular formula is C19H25F3IN5O. The minimum atomic E-state index is -4.34. The van der Waals surface area contributed by atoms with E-state index in [1.54, 1.807) is 13.0 Å². The van der Waals surface area contributed by atoms with Gasteiger partial charge in [0.2, 0.25) is 5.89 Å². The maximum atomic E-state index is 13.1. The molecule has 29 heavy (non-hydrogen) atoms. The van der Waals surface area contributed by atoms with E-state index < -0.39 is 11.7 Å². The quantitative estimate of drug-likeness (QED) is 0.338. The van der Waals surface area contributed by atoms with Crippen LogP contribution < -0.4 is 10.6 Å². The highest BCUT2D eigenvalue weighted by molar-refractivity contribution is 14.0. The number of benzene rings is 1. The topological polar surface area (TPSA) is 75.3 Å². The van der Waals surface area contributed by atoms with Crippen molar-refractivity contribution in [2.75, 3.05) is 13.1 Å². The molecule has 6 nitrogen and oxygen atoms in total. The van der Waals surface area contributed by atoms with Gasteiger partial charge in [-0.2, -0.15) is 18.2 Å². The molecule has 0 amide bonds. The Morgan fingerprint density at radius 1 is 1.28 bits per heavy atom. The highest BCUT2D eigenvalue weighted by Crippen LogP contribution is 2.44. The van der Waals surface area contributed by atoms with Crippen LogP contribution >= 0.6 is 24.0 Å². The third-order valence-electron chi connectivity index (χ3n) is 4.99. The molecule has 1 aromatic carbocycles. The number of hydrogen-bond donors (Lipinski definition) is 2. The van der Waals surface area contributed by atoms with E-state index in [0.29, 0.717) is 36.3 Å². The molecule has 160 valence electrons. The predicted octanol–water partition coefficient (Wildman–Crippen LogP) is 4.19. The molecule has 1 aliphatic rings. The Morgan fingerprint density at radius 2 is 2.03 bits per heavy atom. The summed E-state index contributed by atoms with van der Waals surface area (Å²) >= 11 is 0.